The molecule has 1 aromatic rings. The monoisotopic (exact) mass is 296 g/mol. The van der Waals surface area contributed by atoms with E-state index in [0.717, 1.165) is 37.5 Å². The van der Waals surface area contributed by atoms with Crippen LogP contribution >= 0.6 is 11.6 Å². The molecule has 1 N–H and O–H groups in total. The van der Waals surface area contributed by atoms with Crippen LogP contribution in [0.2, 0.25) is 5.02 Å². The number of likely N-dealkylation sites (tertiary alicyclic amines) is 1. The molecule has 0 aromatic heterocycles. The van der Waals surface area contributed by atoms with Gasteiger partial charge in [0.15, 0.2) is 0 Å². The van der Waals surface area contributed by atoms with Crippen LogP contribution < -0.4 is 0 Å². The van der Waals surface area contributed by atoms with Crippen molar-refractivity contribution < 1.29 is 9.90 Å². The lowest BCUT2D eigenvalue weighted by Crippen LogP contribution is -2.44. The van der Waals surface area contributed by atoms with Crippen molar-refractivity contribution in [3.8, 4) is 0 Å². The summed E-state index contributed by atoms with van der Waals surface area (Å²) in [6.07, 6.45) is 2.05. The number of likely N-dealkylation sites (N-methyl/N-ethyl adjacent to an activating group) is 1. The van der Waals surface area contributed by atoms with Gasteiger partial charge < -0.3 is 5.11 Å². The minimum absolute atomic E-state index is 0.127. The molecule has 2 rings (SSSR count). The van der Waals surface area contributed by atoms with Crippen LogP contribution in [0.3, 0.4) is 0 Å². The maximum Gasteiger partial charge on any atom is 0.317 e. The van der Waals surface area contributed by atoms with E-state index in [2.05, 4.69) is 17.0 Å². The van der Waals surface area contributed by atoms with Crippen molar-refractivity contribution in [2.45, 2.75) is 25.4 Å². The highest BCUT2D eigenvalue weighted by Crippen LogP contribution is 2.18. The summed E-state index contributed by atoms with van der Waals surface area (Å²) in [5, 5.41) is 9.59. The number of halogens is 1. The van der Waals surface area contributed by atoms with Crippen LogP contribution in [0.15, 0.2) is 24.3 Å². The SMILES string of the molecule is CN(CC(=O)O)C1CCN(Cc2ccc(Cl)cc2)CC1. The van der Waals surface area contributed by atoms with E-state index in [0.29, 0.717) is 6.04 Å². The highest BCUT2D eigenvalue weighted by molar-refractivity contribution is 6.30. The van der Waals surface area contributed by atoms with E-state index in [-0.39, 0.29) is 6.54 Å². The number of nitrogens with zero attached hydrogens (tertiary/aromatic N) is 2. The van der Waals surface area contributed by atoms with Crippen molar-refractivity contribution in [3.63, 3.8) is 0 Å². The predicted molar refractivity (Wildman–Crippen MR) is 80.0 cm³/mol. The average molecular weight is 297 g/mol. The lowest BCUT2D eigenvalue weighted by molar-refractivity contribution is -0.138. The fourth-order valence-corrected chi connectivity index (χ4v) is 2.83. The first kappa shape index (κ1) is 15.3. The number of aliphatic carboxylic acids is 1. The largest absolute Gasteiger partial charge is 0.480 e. The first-order valence-electron chi connectivity index (χ1n) is 6.93. The van der Waals surface area contributed by atoms with E-state index in [9.17, 15) is 4.79 Å². The maximum atomic E-state index is 10.7. The standard InChI is InChI=1S/C15H21ClN2O2/c1-17(11-15(19)20)14-6-8-18(9-7-14)10-12-2-4-13(16)5-3-12/h2-5,14H,6-11H2,1H3,(H,19,20). The number of piperidine rings is 1. The molecule has 1 fully saturated rings. The van der Waals surface area contributed by atoms with E-state index in [1.165, 1.54) is 5.56 Å². The molecule has 0 saturated carbocycles. The van der Waals surface area contributed by atoms with Crippen molar-refractivity contribution in [2.75, 3.05) is 26.7 Å². The van der Waals surface area contributed by atoms with E-state index in [1.807, 2.05) is 24.1 Å². The fraction of sp³-hybridized carbons (Fsp3) is 0.533. The second-order valence-corrected chi connectivity index (χ2v) is 5.88. The van der Waals surface area contributed by atoms with Crippen molar-refractivity contribution >= 4 is 17.6 Å². The van der Waals surface area contributed by atoms with Gasteiger partial charge in [0.1, 0.15) is 0 Å². The molecule has 0 aliphatic carbocycles. The zero-order valence-electron chi connectivity index (χ0n) is 11.8. The Kier molecular flexibility index (Phi) is 5.40. The van der Waals surface area contributed by atoms with E-state index in [1.54, 1.807) is 0 Å². The molecule has 4 nitrogen and oxygen atoms in total. The van der Waals surface area contributed by atoms with Gasteiger partial charge in [-0.1, -0.05) is 23.7 Å². The van der Waals surface area contributed by atoms with Crippen molar-refractivity contribution in [1.29, 1.82) is 0 Å². The summed E-state index contributed by atoms with van der Waals surface area (Å²) in [5.41, 5.74) is 1.27. The third-order valence-corrected chi connectivity index (χ3v) is 4.14. The number of rotatable bonds is 5. The van der Waals surface area contributed by atoms with Crippen LogP contribution in [0, 0.1) is 0 Å². The topological polar surface area (TPSA) is 43.8 Å². The minimum Gasteiger partial charge on any atom is -0.480 e. The van der Waals surface area contributed by atoms with Crippen LogP contribution in [0.25, 0.3) is 0 Å². The molecule has 0 radical (unpaired) electrons. The fourth-order valence-electron chi connectivity index (χ4n) is 2.71. The molecule has 0 amide bonds. The van der Waals surface area contributed by atoms with Gasteiger partial charge in [-0.2, -0.15) is 0 Å². The molecule has 1 saturated heterocycles. The summed E-state index contributed by atoms with van der Waals surface area (Å²) in [7, 11) is 1.90. The number of carboxylic acids is 1. The molecule has 1 aliphatic rings. The van der Waals surface area contributed by atoms with Crippen LogP contribution in [-0.4, -0.2) is 53.6 Å². The Bertz CT molecular complexity index is 442. The van der Waals surface area contributed by atoms with Crippen LogP contribution in [0.1, 0.15) is 18.4 Å². The molecule has 0 bridgehead atoms. The number of hydrogen-bond acceptors (Lipinski definition) is 3. The number of carbonyl (C=O) groups is 1. The lowest BCUT2D eigenvalue weighted by Gasteiger charge is -2.36. The maximum absolute atomic E-state index is 10.7. The average Bonchev–Trinajstić information content (AvgIpc) is 2.41. The Morgan fingerprint density at radius 3 is 2.50 bits per heavy atom. The van der Waals surface area contributed by atoms with E-state index >= 15 is 0 Å². The molecule has 1 heterocycles. The molecule has 20 heavy (non-hydrogen) atoms. The van der Waals surface area contributed by atoms with Gasteiger partial charge in [0.25, 0.3) is 0 Å². The van der Waals surface area contributed by atoms with Gasteiger partial charge in [0.2, 0.25) is 0 Å². The first-order valence-corrected chi connectivity index (χ1v) is 7.31. The second-order valence-electron chi connectivity index (χ2n) is 5.44. The van der Waals surface area contributed by atoms with Crippen LogP contribution in [-0.2, 0) is 11.3 Å². The number of benzene rings is 1. The van der Waals surface area contributed by atoms with Crippen molar-refractivity contribution in [3.05, 3.63) is 34.9 Å². The number of hydrogen-bond donors (Lipinski definition) is 1. The van der Waals surface area contributed by atoms with Crippen LogP contribution in [0.5, 0.6) is 0 Å². The zero-order chi connectivity index (χ0) is 14.5. The lowest BCUT2D eigenvalue weighted by atomic mass is 10.0. The summed E-state index contributed by atoms with van der Waals surface area (Å²) in [6, 6.07) is 8.34. The normalized spacial score (nSPS) is 17.6. The van der Waals surface area contributed by atoms with E-state index < -0.39 is 5.97 Å². The molecular formula is C15H21ClN2O2. The van der Waals surface area contributed by atoms with Crippen molar-refractivity contribution in [2.24, 2.45) is 0 Å². The van der Waals surface area contributed by atoms with Crippen LogP contribution in [0.4, 0.5) is 0 Å². The molecule has 1 aromatic carbocycles. The molecule has 110 valence electrons. The minimum atomic E-state index is -0.754. The Morgan fingerprint density at radius 1 is 1.35 bits per heavy atom. The third kappa shape index (κ3) is 4.47. The second kappa shape index (κ2) is 7.07. The zero-order valence-corrected chi connectivity index (χ0v) is 12.5. The summed E-state index contributed by atoms with van der Waals surface area (Å²) in [4.78, 5) is 15.1. The summed E-state index contributed by atoms with van der Waals surface area (Å²) in [6.45, 7) is 3.09. The summed E-state index contributed by atoms with van der Waals surface area (Å²) >= 11 is 5.88. The van der Waals surface area contributed by atoms with Gasteiger partial charge in [-0.25, -0.2) is 0 Å². The molecule has 0 spiro atoms. The first-order chi connectivity index (χ1) is 9.54. The Labute approximate surface area is 124 Å². The van der Waals surface area contributed by atoms with Gasteiger partial charge in [0.05, 0.1) is 6.54 Å². The highest BCUT2D eigenvalue weighted by Gasteiger charge is 2.23. The molecule has 5 heteroatoms. The van der Waals surface area contributed by atoms with E-state index in [4.69, 9.17) is 16.7 Å². The Balaban J connectivity index is 1.79. The van der Waals surface area contributed by atoms with Crippen molar-refractivity contribution in [1.82, 2.24) is 9.80 Å². The third-order valence-electron chi connectivity index (χ3n) is 3.88. The van der Waals surface area contributed by atoms with Gasteiger partial charge in [0, 0.05) is 17.6 Å². The molecular weight excluding hydrogens is 276 g/mol. The molecule has 0 unspecified atom stereocenters. The molecule has 0 atom stereocenters. The Morgan fingerprint density at radius 2 is 1.95 bits per heavy atom. The summed E-state index contributed by atoms with van der Waals surface area (Å²) in [5.74, 6) is -0.754. The van der Waals surface area contributed by atoms with Gasteiger partial charge in [-0.3, -0.25) is 14.6 Å². The molecule has 1 aliphatic heterocycles. The Hall–Kier alpha value is -1.10. The smallest absolute Gasteiger partial charge is 0.317 e. The summed E-state index contributed by atoms with van der Waals surface area (Å²) < 4.78 is 0. The predicted octanol–water partition coefficient (Wildman–Crippen LogP) is 2.32. The highest BCUT2D eigenvalue weighted by atomic mass is 35.5. The van der Waals surface area contributed by atoms with Gasteiger partial charge in [-0.05, 0) is 50.7 Å². The van der Waals surface area contributed by atoms with Gasteiger partial charge in [-0.15, -0.1) is 0 Å². The van der Waals surface area contributed by atoms with Gasteiger partial charge >= 0.3 is 5.97 Å². The quantitative estimate of drug-likeness (QED) is 0.906. The number of carboxylic acid groups (broad SMARTS) is 1.